The minimum atomic E-state index is -0.428. The predicted molar refractivity (Wildman–Crippen MR) is 84.0 cm³/mol. The van der Waals surface area contributed by atoms with Gasteiger partial charge in [0.15, 0.2) is 0 Å². The summed E-state index contributed by atoms with van der Waals surface area (Å²) in [5, 5.41) is 2.63. The van der Waals surface area contributed by atoms with Gasteiger partial charge in [0.05, 0.1) is 0 Å². The van der Waals surface area contributed by atoms with Crippen LogP contribution >= 0.6 is 0 Å². The molecule has 0 aliphatic heterocycles. The molecule has 0 spiro atoms. The minimum Gasteiger partial charge on any atom is -0.329 e. The quantitative estimate of drug-likeness (QED) is 0.794. The maximum atomic E-state index is 12.4. The van der Waals surface area contributed by atoms with Crippen molar-refractivity contribution in [1.29, 1.82) is 0 Å². The molecule has 1 aliphatic carbocycles. The molecule has 0 saturated heterocycles. The van der Waals surface area contributed by atoms with Crippen LogP contribution in [0.25, 0.3) is 5.69 Å². The highest BCUT2D eigenvalue weighted by Gasteiger charge is 2.36. The molecule has 0 atom stereocenters. The maximum Gasteiger partial charge on any atom is 0.432 e. The highest BCUT2D eigenvalue weighted by atomic mass is 16.5. The Morgan fingerprint density at radius 1 is 1.35 bits per heavy atom. The third kappa shape index (κ3) is 3.52. The Labute approximate surface area is 134 Å². The van der Waals surface area contributed by atoms with E-state index in [1.807, 2.05) is 35.2 Å². The van der Waals surface area contributed by atoms with Gasteiger partial charge in [0.2, 0.25) is 11.6 Å². The fraction of sp³-hybridized carbons (Fsp3) is 0.471. The highest BCUT2D eigenvalue weighted by molar-refractivity contribution is 5.76. The van der Waals surface area contributed by atoms with Crippen molar-refractivity contribution in [2.75, 3.05) is 0 Å². The smallest absolute Gasteiger partial charge is 0.329 e. The fourth-order valence-corrected chi connectivity index (χ4v) is 2.65. The van der Waals surface area contributed by atoms with Gasteiger partial charge in [-0.05, 0) is 29.2 Å². The molecule has 0 unspecified atom stereocenters. The molecule has 3 rings (SSSR count). The van der Waals surface area contributed by atoms with Gasteiger partial charge in [0.1, 0.15) is 6.54 Å². The largest absolute Gasteiger partial charge is 0.432 e. The first-order chi connectivity index (χ1) is 11.2. The molecule has 1 saturated carbocycles. The number of aromatic nitrogens is 2. The number of hydrogen-bond acceptors (Lipinski definition) is 3. The number of para-hydroxylation sites is 1. The molecule has 1 heterocycles. The molecule has 0 radical (unpaired) electrons. The molecule has 1 aromatic carbocycles. The van der Waals surface area contributed by atoms with Crippen molar-refractivity contribution >= 4 is 5.91 Å². The lowest BCUT2D eigenvalue weighted by molar-refractivity contribution is -0.678. The van der Waals surface area contributed by atoms with Gasteiger partial charge in [-0.1, -0.05) is 31.5 Å². The molecule has 1 fully saturated rings. The molecule has 1 N–H and O–H groups in total. The van der Waals surface area contributed by atoms with Gasteiger partial charge >= 0.3 is 11.3 Å². The zero-order valence-corrected chi connectivity index (χ0v) is 13.3. The number of hydrogen-bond donors (Lipinski definition) is 1. The Balaban J connectivity index is 1.85. The molecule has 1 aromatic heterocycles. The van der Waals surface area contributed by atoms with E-state index in [1.54, 1.807) is 4.68 Å². The van der Waals surface area contributed by atoms with Crippen molar-refractivity contribution in [1.82, 2.24) is 10.2 Å². The first-order valence-electron chi connectivity index (χ1n) is 8.18. The predicted octanol–water partition coefficient (Wildman–Crippen LogP) is 1.93. The lowest BCUT2D eigenvalue weighted by Crippen LogP contribution is -2.43. The lowest BCUT2D eigenvalue weighted by atomic mass is 10.2. The van der Waals surface area contributed by atoms with Crippen LogP contribution < -0.4 is 10.3 Å². The molecular formula is C17H22N3O3+. The maximum absolute atomic E-state index is 12.4. The summed E-state index contributed by atoms with van der Waals surface area (Å²) in [6.45, 7) is 2.35. The number of carbonyl (C=O) groups is 1. The lowest BCUT2D eigenvalue weighted by Gasteiger charge is -2.19. The summed E-state index contributed by atoms with van der Waals surface area (Å²) in [6.07, 6.45) is 4.43. The number of nitrogens with zero attached hydrogens (tertiary/aromatic N) is 2. The van der Waals surface area contributed by atoms with Crippen LogP contribution in [0.5, 0.6) is 0 Å². The van der Waals surface area contributed by atoms with Gasteiger partial charge in [0.25, 0.3) is 0 Å². The van der Waals surface area contributed by atoms with Gasteiger partial charge in [-0.3, -0.25) is 9.32 Å². The normalized spacial score (nSPS) is 14.0. The summed E-state index contributed by atoms with van der Waals surface area (Å²) in [5.41, 5.74) is 0.834. The Morgan fingerprint density at radius 2 is 2.09 bits per heavy atom. The van der Waals surface area contributed by atoms with Crippen molar-refractivity contribution in [2.24, 2.45) is 0 Å². The molecule has 1 aliphatic rings. The molecular weight excluding hydrogens is 294 g/mol. The van der Waals surface area contributed by atoms with Crippen LogP contribution in [0.15, 0.2) is 39.6 Å². The van der Waals surface area contributed by atoms with Crippen LogP contribution in [0.2, 0.25) is 0 Å². The van der Waals surface area contributed by atoms with Gasteiger partial charge in [0, 0.05) is 24.6 Å². The van der Waals surface area contributed by atoms with Crippen molar-refractivity contribution < 1.29 is 14.0 Å². The molecule has 6 nitrogen and oxygen atoms in total. The van der Waals surface area contributed by atoms with Gasteiger partial charge < -0.3 is 4.90 Å². The average Bonchev–Trinajstić information content (AvgIpc) is 3.35. The highest BCUT2D eigenvalue weighted by Crippen LogP contribution is 2.28. The fourth-order valence-electron chi connectivity index (χ4n) is 2.65. The average molecular weight is 316 g/mol. The van der Waals surface area contributed by atoms with Crippen LogP contribution in [0.4, 0.5) is 0 Å². The Morgan fingerprint density at radius 3 is 2.74 bits per heavy atom. The molecule has 23 heavy (non-hydrogen) atoms. The number of nitrogens with one attached hydrogen (secondary N) is 1. The summed E-state index contributed by atoms with van der Waals surface area (Å²) in [7, 11) is 0. The third-order valence-electron chi connectivity index (χ3n) is 4.12. The summed E-state index contributed by atoms with van der Waals surface area (Å²) < 4.78 is 6.57. The first-order valence-corrected chi connectivity index (χ1v) is 8.18. The number of benzene rings is 1. The van der Waals surface area contributed by atoms with Crippen LogP contribution in [0.1, 0.15) is 44.7 Å². The number of H-pyrrole nitrogens is 1. The SMILES string of the molecule is CCCCC(=O)N(Cc1c(=O)o[nH][n+]1-c1ccccc1)C1CC1. The number of aromatic amines is 1. The number of rotatable bonds is 7. The summed E-state index contributed by atoms with van der Waals surface area (Å²) >= 11 is 0. The van der Waals surface area contributed by atoms with Crippen LogP contribution in [-0.4, -0.2) is 22.1 Å². The van der Waals surface area contributed by atoms with E-state index in [-0.39, 0.29) is 18.5 Å². The topological polar surface area (TPSA) is 70.2 Å². The van der Waals surface area contributed by atoms with Crippen molar-refractivity contribution in [3.63, 3.8) is 0 Å². The third-order valence-corrected chi connectivity index (χ3v) is 4.12. The van der Waals surface area contributed by atoms with E-state index in [1.165, 1.54) is 0 Å². The number of carbonyl (C=O) groups excluding carboxylic acids is 1. The summed E-state index contributed by atoms with van der Waals surface area (Å²) in [4.78, 5) is 26.3. The second kappa shape index (κ2) is 6.81. The first kappa shape index (κ1) is 15.5. The monoisotopic (exact) mass is 316 g/mol. The molecule has 6 heteroatoms. The van der Waals surface area contributed by atoms with E-state index in [2.05, 4.69) is 12.2 Å². The molecule has 1 amide bonds. The van der Waals surface area contributed by atoms with Crippen molar-refractivity contribution in [2.45, 2.75) is 51.6 Å². The van der Waals surface area contributed by atoms with Crippen molar-refractivity contribution in [3.8, 4) is 5.69 Å². The Kier molecular flexibility index (Phi) is 4.60. The van der Waals surface area contributed by atoms with Crippen molar-refractivity contribution in [3.05, 3.63) is 46.4 Å². The van der Waals surface area contributed by atoms with Gasteiger partial charge in [-0.25, -0.2) is 4.79 Å². The van der Waals surface area contributed by atoms with E-state index in [4.69, 9.17) is 4.52 Å². The minimum absolute atomic E-state index is 0.120. The van der Waals surface area contributed by atoms with E-state index in [0.29, 0.717) is 12.1 Å². The zero-order chi connectivity index (χ0) is 16.2. The van der Waals surface area contributed by atoms with Crippen LogP contribution in [0.3, 0.4) is 0 Å². The van der Waals surface area contributed by atoms with Gasteiger partial charge in [-0.2, -0.15) is 0 Å². The van der Waals surface area contributed by atoms with E-state index in [0.717, 1.165) is 31.4 Å². The van der Waals surface area contributed by atoms with Crippen LogP contribution in [-0.2, 0) is 11.3 Å². The van der Waals surface area contributed by atoms with E-state index >= 15 is 0 Å². The summed E-state index contributed by atoms with van der Waals surface area (Å²) in [6, 6.07) is 9.72. The second-order valence-corrected chi connectivity index (χ2v) is 5.95. The van der Waals surface area contributed by atoms with E-state index in [9.17, 15) is 9.59 Å². The number of amides is 1. The summed E-state index contributed by atoms with van der Waals surface area (Å²) in [5.74, 6) is 0.120. The molecule has 122 valence electrons. The Hall–Kier alpha value is -2.37. The standard InChI is InChI=1S/C17H21N3O3/c1-2-3-9-16(21)19(13-10-11-13)12-15-17(22)23-18-20(15)14-7-5-4-6-8-14/h4-8,13H,2-3,9-12H2,1H3/p+1. The molecule has 2 aromatic rings. The van der Waals surface area contributed by atoms with Gasteiger partial charge in [-0.15, -0.1) is 0 Å². The number of unbranched alkanes of at least 4 members (excludes halogenated alkanes) is 1. The zero-order valence-electron chi connectivity index (χ0n) is 13.3. The van der Waals surface area contributed by atoms with Crippen LogP contribution in [0, 0.1) is 0 Å². The molecule has 0 bridgehead atoms. The Bertz CT molecular complexity index is 716. The second-order valence-electron chi connectivity index (χ2n) is 5.95. The van der Waals surface area contributed by atoms with E-state index < -0.39 is 5.63 Å².